The molecule has 1 heterocycles. The molecule has 0 spiro atoms. The highest BCUT2D eigenvalue weighted by molar-refractivity contribution is 6.33. The molecule has 1 aliphatic heterocycles. The summed E-state index contributed by atoms with van der Waals surface area (Å²) in [4.78, 5) is 26.1. The normalized spacial score (nSPS) is 17.9. The summed E-state index contributed by atoms with van der Waals surface area (Å²) < 4.78 is 0. The third-order valence-electron chi connectivity index (χ3n) is 3.72. The molecule has 0 aliphatic carbocycles. The van der Waals surface area contributed by atoms with Crippen LogP contribution in [0.5, 0.6) is 0 Å². The molecule has 21 heavy (non-hydrogen) atoms. The van der Waals surface area contributed by atoms with Crippen molar-refractivity contribution < 1.29 is 9.59 Å². The summed E-state index contributed by atoms with van der Waals surface area (Å²) in [5, 5.41) is 3.36. The Kier molecular flexibility index (Phi) is 5.23. The molecule has 4 nitrogen and oxygen atoms in total. The zero-order valence-electron chi connectivity index (χ0n) is 12.5. The van der Waals surface area contributed by atoms with Gasteiger partial charge < -0.3 is 10.2 Å². The van der Waals surface area contributed by atoms with Crippen LogP contribution < -0.4 is 5.32 Å². The Labute approximate surface area is 130 Å². The fraction of sp³-hybridized carbons (Fsp3) is 0.500. The Morgan fingerprint density at radius 1 is 1.43 bits per heavy atom. The van der Waals surface area contributed by atoms with Crippen LogP contribution in [-0.4, -0.2) is 29.3 Å². The van der Waals surface area contributed by atoms with Crippen molar-refractivity contribution in [2.45, 2.75) is 45.6 Å². The molecule has 1 aliphatic rings. The Morgan fingerprint density at radius 3 is 2.86 bits per heavy atom. The smallest absolute Gasteiger partial charge is 0.247 e. The van der Waals surface area contributed by atoms with Crippen LogP contribution >= 0.6 is 11.6 Å². The van der Waals surface area contributed by atoms with E-state index in [1.807, 2.05) is 26.0 Å². The van der Waals surface area contributed by atoms with E-state index in [0.29, 0.717) is 30.1 Å². The molecular weight excluding hydrogens is 288 g/mol. The minimum Gasteiger partial charge on any atom is -0.331 e. The van der Waals surface area contributed by atoms with E-state index in [4.69, 9.17) is 11.6 Å². The number of aryl methyl sites for hydroxylation is 1. The number of carbonyl (C=O) groups excluding carboxylic acids is 2. The number of rotatable bonds is 4. The van der Waals surface area contributed by atoms with E-state index in [1.165, 1.54) is 0 Å². The van der Waals surface area contributed by atoms with Gasteiger partial charge in [-0.3, -0.25) is 9.59 Å². The highest BCUT2D eigenvalue weighted by Gasteiger charge is 2.33. The SMILES string of the molecule is CCCC(=O)N1CCCC1C(=O)Nc1ccc(C)cc1Cl. The summed E-state index contributed by atoms with van der Waals surface area (Å²) >= 11 is 6.13. The van der Waals surface area contributed by atoms with Crippen molar-refractivity contribution in [3.05, 3.63) is 28.8 Å². The van der Waals surface area contributed by atoms with Gasteiger partial charge in [0.2, 0.25) is 11.8 Å². The highest BCUT2D eigenvalue weighted by Crippen LogP contribution is 2.25. The van der Waals surface area contributed by atoms with Crippen molar-refractivity contribution >= 4 is 29.1 Å². The second-order valence-electron chi connectivity index (χ2n) is 5.47. The molecule has 1 atom stereocenters. The minimum atomic E-state index is -0.374. The van der Waals surface area contributed by atoms with Crippen molar-refractivity contribution in [2.75, 3.05) is 11.9 Å². The summed E-state index contributed by atoms with van der Waals surface area (Å²) in [7, 11) is 0. The third kappa shape index (κ3) is 3.76. The zero-order chi connectivity index (χ0) is 15.4. The van der Waals surface area contributed by atoms with Gasteiger partial charge in [0.05, 0.1) is 10.7 Å². The summed E-state index contributed by atoms with van der Waals surface area (Å²) in [5.74, 6) is -0.0899. The van der Waals surface area contributed by atoms with E-state index < -0.39 is 0 Å². The van der Waals surface area contributed by atoms with Gasteiger partial charge in [-0.15, -0.1) is 0 Å². The average Bonchev–Trinajstić information content (AvgIpc) is 2.91. The van der Waals surface area contributed by atoms with Gasteiger partial charge in [-0.2, -0.15) is 0 Å². The van der Waals surface area contributed by atoms with Gasteiger partial charge in [-0.25, -0.2) is 0 Å². The largest absolute Gasteiger partial charge is 0.331 e. The molecule has 1 unspecified atom stereocenters. The molecule has 2 rings (SSSR count). The molecule has 5 heteroatoms. The predicted octanol–water partition coefficient (Wildman–Crippen LogP) is 3.38. The maximum atomic E-state index is 12.4. The van der Waals surface area contributed by atoms with Crippen LogP contribution in [0.25, 0.3) is 0 Å². The van der Waals surface area contributed by atoms with Crippen molar-refractivity contribution in [1.29, 1.82) is 0 Å². The topological polar surface area (TPSA) is 49.4 Å². The molecule has 1 N–H and O–H groups in total. The number of nitrogens with zero attached hydrogens (tertiary/aromatic N) is 1. The van der Waals surface area contributed by atoms with Gasteiger partial charge in [-0.1, -0.05) is 24.6 Å². The maximum Gasteiger partial charge on any atom is 0.247 e. The molecule has 0 bridgehead atoms. The van der Waals surface area contributed by atoms with E-state index in [-0.39, 0.29) is 17.9 Å². The summed E-state index contributed by atoms with van der Waals surface area (Å²) in [5.41, 5.74) is 1.64. The fourth-order valence-corrected chi connectivity index (χ4v) is 2.92. The molecule has 1 saturated heterocycles. The Bertz CT molecular complexity index is 545. The summed E-state index contributed by atoms with van der Waals surface area (Å²) in [6.07, 6.45) is 2.88. The van der Waals surface area contributed by atoms with E-state index in [2.05, 4.69) is 5.32 Å². The second kappa shape index (κ2) is 6.94. The lowest BCUT2D eigenvalue weighted by Gasteiger charge is -2.24. The van der Waals surface area contributed by atoms with Gasteiger partial charge in [-0.05, 0) is 43.9 Å². The molecule has 0 saturated carbocycles. The van der Waals surface area contributed by atoms with Crippen LogP contribution in [0.3, 0.4) is 0 Å². The summed E-state index contributed by atoms with van der Waals surface area (Å²) in [6, 6.07) is 5.13. The average molecular weight is 309 g/mol. The predicted molar refractivity (Wildman–Crippen MR) is 84.5 cm³/mol. The first kappa shape index (κ1) is 15.8. The van der Waals surface area contributed by atoms with Gasteiger partial charge in [0.15, 0.2) is 0 Å². The van der Waals surface area contributed by atoms with Crippen molar-refractivity contribution in [3.8, 4) is 0 Å². The molecule has 114 valence electrons. The Hall–Kier alpha value is -1.55. The first-order chi connectivity index (χ1) is 10.0. The van der Waals surface area contributed by atoms with Crippen LogP contribution in [0, 0.1) is 6.92 Å². The fourth-order valence-electron chi connectivity index (χ4n) is 2.63. The molecular formula is C16H21ClN2O2. The standard InChI is InChI=1S/C16H21ClN2O2/c1-3-5-15(20)19-9-4-6-14(19)16(21)18-13-8-7-11(2)10-12(13)17/h7-8,10,14H,3-6,9H2,1-2H3,(H,18,21). The molecule has 2 amide bonds. The number of amides is 2. The lowest BCUT2D eigenvalue weighted by Crippen LogP contribution is -2.43. The van der Waals surface area contributed by atoms with Crippen molar-refractivity contribution in [3.63, 3.8) is 0 Å². The van der Waals surface area contributed by atoms with Gasteiger partial charge in [0.25, 0.3) is 0 Å². The lowest BCUT2D eigenvalue weighted by atomic mass is 10.1. The van der Waals surface area contributed by atoms with Crippen LogP contribution in [0.1, 0.15) is 38.2 Å². The van der Waals surface area contributed by atoms with Crippen LogP contribution in [0.2, 0.25) is 5.02 Å². The molecule has 1 aromatic rings. The summed E-state index contributed by atoms with van der Waals surface area (Å²) in [6.45, 7) is 4.58. The van der Waals surface area contributed by atoms with E-state index in [9.17, 15) is 9.59 Å². The van der Waals surface area contributed by atoms with Crippen LogP contribution in [-0.2, 0) is 9.59 Å². The molecule has 1 fully saturated rings. The number of carbonyl (C=O) groups is 2. The molecule has 1 aromatic carbocycles. The number of hydrogen-bond acceptors (Lipinski definition) is 2. The van der Waals surface area contributed by atoms with Gasteiger partial charge in [0.1, 0.15) is 6.04 Å². The molecule has 0 aromatic heterocycles. The number of benzene rings is 1. The quantitative estimate of drug-likeness (QED) is 0.927. The lowest BCUT2D eigenvalue weighted by molar-refractivity contribution is -0.136. The first-order valence-electron chi connectivity index (χ1n) is 7.39. The highest BCUT2D eigenvalue weighted by atomic mass is 35.5. The van der Waals surface area contributed by atoms with E-state index >= 15 is 0 Å². The number of likely N-dealkylation sites (tertiary alicyclic amines) is 1. The Morgan fingerprint density at radius 2 is 2.19 bits per heavy atom. The second-order valence-corrected chi connectivity index (χ2v) is 5.87. The monoisotopic (exact) mass is 308 g/mol. The van der Waals surface area contributed by atoms with Gasteiger partial charge in [0, 0.05) is 13.0 Å². The number of nitrogens with one attached hydrogen (secondary N) is 1. The number of hydrogen-bond donors (Lipinski definition) is 1. The van der Waals surface area contributed by atoms with Crippen molar-refractivity contribution in [1.82, 2.24) is 4.90 Å². The maximum absolute atomic E-state index is 12.4. The van der Waals surface area contributed by atoms with Crippen LogP contribution in [0.15, 0.2) is 18.2 Å². The third-order valence-corrected chi connectivity index (χ3v) is 4.03. The van der Waals surface area contributed by atoms with Crippen LogP contribution in [0.4, 0.5) is 5.69 Å². The first-order valence-corrected chi connectivity index (χ1v) is 7.77. The van der Waals surface area contributed by atoms with Gasteiger partial charge >= 0.3 is 0 Å². The number of anilines is 1. The molecule has 0 radical (unpaired) electrons. The van der Waals surface area contributed by atoms with Crippen molar-refractivity contribution in [2.24, 2.45) is 0 Å². The zero-order valence-corrected chi connectivity index (χ0v) is 13.2. The Balaban J connectivity index is 2.06. The minimum absolute atomic E-state index is 0.0603. The number of halogens is 1. The van der Waals surface area contributed by atoms with E-state index in [0.717, 1.165) is 18.4 Å². The van der Waals surface area contributed by atoms with E-state index in [1.54, 1.807) is 11.0 Å².